The normalized spacial score (nSPS) is 13.5. The van der Waals surface area contributed by atoms with Crippen molar-refractivity contribution in [3.05, 3.63) is 96.1 Å². The Kier molecular flexibility index (Phi) is 5.21. The van der Waals surface area contributed by atoms with Gasteiger partial charge in [-0.15, -0.1) is 0 Å². The molecule has 0 amide bonds. The van der Waals surface area contributed by atoms with Gasteiger partial charge in [0.25, 0.3) is 0 Å². The fraction of sp³-hybridized carbons (Fsp3) is 0.172. The third kappa shape index (κ3) is 3.68. The molecule has 0 unspecified atom stereocenters. The first-order valence-corrected chi connectivity index (χ1v) is 11.2. The van der Waals surface area contributed by atoms with Crippen LogP contribution < -0.4 is 0 Å². The van der Waals surface area contributed by atoms with E-state index in [-0.39, 0.29) is 12.8 Å². The molecule has 0 saturated heterocycles. The van der Waals surface area contributed by atoms with E-state index in [1.54, 1.807) is 0 Å². The van der Waals surface area contributed by atoms with Crippen molar-refractivity contribution in [3.63, 3.8) is 0 Å². The highest BCUT2D eigenvalue weighted by Gasteiger charge is 2.43. The maximum Gasteiger partial charge on any atom is 0.303 e. The Morgan fingerprint density at radius 2 is 1.18 bits per heavy atom. The standard InChI is InChI=1S/C29H24O4/c30-27(31)13-15-29(16-14-28(32)33)25-8-4-3-7-23(25)24-12-11-22(18-26(24)29)21-10-9-19-5-1-2-6-20(19)17-21/h1-12,17-18H,13-16H2,(H,30,31)(H,32,33). The summed E-state index contributed by atoms with van der Waals surface area (Å²) in [6.45, 7) is 0. The number of hydrogen-bond acceptors (Lipinski definition) is 2. The van der Waals surface area contributed by atoms with Crippen molar-refractivity contribution in [1.29, 1.82) is 0 Å². The Balaban J connectivity index is 1.69. The van der Waals surface area contributed by atoms with Gasteiger partial charge in [-0.1, -0.05) is 72.8 Å². The maximum absolute atomic E-state index is 11.6. The molecular weight excluding hydrogens is 412 g/mol. The lowest BCUT2D eigenvalue weighted by Crippen LogP contribution is -2.27. The van der Waals surface area contributed by atoms with Crippen LogP contribution in [0.5, 0.6) is 0 Å². The van der Waals surface area contributed by atoms with Gasteiger partial charge >= 0.3 is 11.9 Å². The molecule has 0 fully saturated rings. The summed E-state index contributed by atoms with van der Waals surface area (Å²) in [5.74, 6) is -1.75. The second-order valence-electron chi connectivity index (χ2n) is 8.74. The van der Waals surface area contributed by atoms with Crippen molar-refractivity contribution in [2.45, 2.75) is 31.1 Å². The summed E-state index contributed by atoms with van der Waals surface area (Å²) in [4.78, 5) is 23.1. The zero-order chi connectivity index (χ0) is 23.0. The number of rotatable bonds is 7. The molecule has 4 aromatic carbocycles. The zero-order valence-electron chi connectivity index (χ0n) is 18.1. The topological polar surface area (TPSA) is 74.6 Å². The number of fused-ring (bicyclic) bond motifs is 4. The highest BCUT2D eigenvalue weighted by Crippen LogP contribution is 2.54. The van der Waals surface area contributed by atoms with Crippen LogP contribution in [-0.2, 0) is 15.0 Å². The van der Waals surface area contributed by atoms with Crippen molar-refractivity contribution in [2.75, 3.05) is 0 Å². The molecule has 4 aromatic rings. The van der Waals surface area contributed by atoms with Crippen molar-refractivity contribution in [1.82, 2.24) is 0 Å². The molecular formula is C29H24O4. The van der Waals surface area contributed by atoms with E-state index in [1.165, 1.54) is 5.39 Å². The minimum absolute atomic E-state index is 0.0202. The third-order valence-corrected chi connectivity index (χ3v) is 6.88. The molecule has 0 aliphatic heterocycles. The minimum atomic E-state index is -0.874. The number of carbonyl (C=O) groups is 2. The van der Waals surface area contributed by atoms with Crippen LogP contribution in [0.25, 0.3) is 33.0 Å². The van der Waals surface area contributed by atoms with Crippen molar-refractivity contribution >= 4 is 22.7 Å². The van der Waals surface area contributed by atoms with Crippen LogP contribution in [0.15, 0.2) is 84.9 Å². The van der Waals surface area contributed by atoms with Gasteiger partial charge in [-0.2, -0.15) is 0 Å². The van der Waals surface area contributed by atoms with Gasteiger partial charge in [0, 0.05) is 18.3 Å². The van der Waals surface area contributed by atoms with Gasteiger partial charge in [-0.25, -0.2) is 0 Å². The summed E-state index contributed by atoms with van der Waals surface area (Å²) < 4.78 is 0. The third-order valence-electron chi connectivity index (χ3n) is 6.88. The number of carboxylic acid groups (broad SMARTS) is 2. The van der Waals surface area contributed by atoms with Gasteiger partial charge in [0.1, 0.15) is 0 Å². The van der Waals surface area contributed by atoms with Crippen molar-refractivity contribution < 1.29 is 19.8 Å². The molecule has 33 heavy (non-hydrogen) atoms. The lowest BCUT2D eigenvalue weighted by Gasteiger charge is -2.32. The van der Waals surface area contributed by atoms with Crippen LogP contribution in [-0.4, -0.2) is 22.2 Å². The molecule has 4 heteroatoms. The van der Waals surface area contributed by atoms with Crippen LogP contribution in [0.1, 0.15) is 36.8 Å². The number of aliphatic carboxylic acids is 2. The Bertz CT molecular complexity index is 1370. The monoisotopic (exact) mass is 436 g/mol. The number of carboxylic acids is 2. The summed E-state index contributed by atoms with van der Waals surface area (Å²) in [7, 11) is 0. The quantitative estimate of drug-likeness (QED) is 0.347. The van der Waals surface area contributed by atoms with Crippen LogP contribution in [0.3, 0.4) is 0 Å². The van der Waals surface area contributed by atoms with E-state index in [4.69, 9.17) is 0 Å². The average Bonchev–Trinajstić information content (AvgIpc) is 3.10. The van der Waals surface area contributed by atoms with E-state index in [2.05, 4.69) is 48.5 Å². The molecule has 5 rings (SSSR count). The lowest BCUT2D eigenvalue weighted by molar-refractivity contribution is -0.137. The predicted molar refractivity (Wildman–Crippen MR) is 129 cm³/mol. The molecule has 1 aliphatic carbocycles. The van der Waals surface area contributed by atoms with Crippen LogP contribution in [0.4, 0.5) is 0 Å². The fourth-order valence-electron chi connectivity index (χ4n) is 5.31. The summed E-state index contributed by atoms with van der Waals surface area (Å²) in [5, 5.41) is 21.3. The minimum Gasteiger partial charge on any atom is -0.481 e. The molecule has 0 radical (unpaired) electrons. The molecule has 2 N–H and O–H groups in total. The molecule has 164 valence electrons. The summed E-state index contributed by atoms with van der Waals surface area (Å²) >= 11 is 0. The summed E-state index contributed by atoms with van der Waals surface area (Å²) in [6.07, 6.45) is 0.683. The SMILES string of the molecule is O=C(O)CCC1(CCC(=O)O)c2ccccc2-c2ccc(-c3ccc4ccccc4c3)cc21. The molecule has 0 spiro atoms. The fourth-order valence-corrected chi connectivity index (χ4v) is 5.31. The van der Waals surface area contributed by atoms with E-state index < -0.39 is 17.4 Å². The van der Waals surface area contributed by atoms with E-state index >= 15 is 0 Å². The number of benzene rings is 4. The Morgan fingerprint density at radius 3 is 1.91 bits per heavy atom. The molecule has 0 bridgehead atoms. The van der Waals surface area contributed by atoms with Crippen molar-refractivity contribution in [3.8, 4) is 22.3 Å². The second kappa shape index (κ2) is 8.21. The van der Waals surface area contributed by atoms with Crippen LogP contribution >= 0.6 is 0 Å². The van der Waals surface area contributed by atoms with E-state index in [9.17, 15) is 19.8 Å². The second-order valence-corrected chi connectivity index (χ2v) is 8.74. The van der Waals surface area contributed by atoms with Gasteiger partial charge in [0.2, 0.25) is 0 Å². The van der Waals surface area contributed by atoms with E-state index in [1.807, 2.05) is 36.4 Å². The van der Waals surface area contributed by atoms with E-state index in [0.717, 1.165) is 38.8 Å². The first-order valence-electron chi connectivity index (χ1n) is 11.2. The van der Waals surface area contributed by atoms with Crippen LogP contribution in [0.2, 0.25) is 0 Å². The molecule has 4 nitrogen and oxygen atoms in total. The molecule has 1 aliphatic rings. The highest BCUT2D eigenvalue weighted by molar-refractivity contribution is 5.89. The summed E-state index contributed by atoms with van der Waals surface area (Å²) in [5.41, 5.74) is 5.66. The molecule has 0 saturated carbocycles. The lowest BCUT2D eigenvalue weighted by atomic mass is 9.71. The largest absolute Gasteiger partial charge is 0.481 e. The average molecular weight is 437 g/mol. The maximum atomic E-state index is 11.6. The smallest absolute Gasteiger partial charge is 0.303 e. The molecule has 0 aromatic heterocycles. The van der Waals surface area contributed by atoms with Gasteiger partial charge in [-0.3, -0.25) is 9.59 Å². The first-order chi connectivity index (χ1) is 16.0. The zero-order valence-corrected chi connectivity index (χ0v) is 18.1. The first kappa shape index (κ1) is 21.0. The predicted octanol–water partition coefficient (Wildman–Crippen LogP) is 6.50. The summed E-state index contributed by atoms with van der Waals surface area (Å²) in [6, 6.07) is 28.9. The number of hydrogen-bond donors (Lipinski definition) is 2. The molecule has 0 heterocycles. The Hall–Kier alpha value is -3.92. The van der Waals surface area contributed by atoms with Gasteiger partial charge in [0.05, 0.1) is 0 Å². The molecule has 0 atom stereocenters. The van der Waals surface area contributed by atoms with Gasteiger partial charge in [-0.05, 0) is 69.1 Å². The van der Waals surface area contributed by atoms with Gasteiger partial charge < -0.3 is 10.2 Å². The highest BCUT2D eigenvalue weighted by atomic mass is 16.4. The van der Waals surface area contributed by atoms with E-state index in [0.29, 0.717) is 12.8 Å². The Labute approximate surface area is 192 Å². The Morgan fingerprint density at radius 1 is 0.606 bits per heavy atom. The van der Waals surface area contributed by atoms with Gasteiger partial charge in [0.15, 0.2) is 0 Å². The van der Waals surface area contributed by atoms with Crippen LogP contribution in [0, 0.1) is 0 Å². The van der Waals surface area contributed by atoms with Crippen molar-refractivity contribution in [2.24, 2.45) is 0 Å².